The quantitative estimate of drug-likeness (QED) is 0.547. The van der Waals surface area contributed by atoms with Gasteiger partial charge in [0.15, 0.2) is 0 Å². The zero-order valence-corrected chi connectivity index (χ0v) is 11.7. The Balaban J connectivity index is 3.61. The molecule has 1 atom stereocenters. The first-order valence-electron chi connectivity index (χ1n) is 6.53. The lowest BCUT2D eigenvalue weighted by molar-refractivity contribution is -0.138. The van der Waals surface area contributed by atoms with Crippen LogP contribution in [0, 0.1) is 5.41 Å². The smallest absolute Gasteiger partial charge is 0.320 e. The molecule has 0 rings (SSSR count). The average molecular weight is 258 g/mol. The standard InChI is InChI=1S/C13H26N2O3/c1-4-13(2,3)9-11(16)15-8-6-5-7-10(14)12(17)18/h10H,4-9,14H2,1-3H3,(H,15,16)(H,17,18). The molecule has 1 amide bonds. The van der Waals surface area contributed by atoms with Crippen molar-refractivity contribution in [1.29, 1.82) is 0 Å². The summed E-state index contributed by atoms with van der Waals surface area (Å²) < 4.78 is 0. The van der Waals surface area contributed by atoms with Gasteiger partial charge in [-0.05, 0) is 24.7 Å². The van der Waals surface area contributed by atoms with Crippen molar-refractivity contribution in [3.8, 4) is 0 Å². The molecule has 0 saturated carbocycles. The number of aliphatic carboxylic acids is 1. The monoisotopic (exact) mass is 258 g/mol. The number of unbranched alkanes of at least 4 members (excludes halogenated alkanes) is 1. The van der Waals surface area contributed by atoms with Crippen LogP contribution in [-0.2, 0) is 9.59 Å². The summed E-state index contributed by atoms with van der Waals surface area (Å²) in [4.78, 5) is 22.1. The van der Waals surface area contributed by atoms with Gasteiger partial charge >= 0.3 is 5.97 Å². The summed E-state index contributed by atoms with van der Waals surface area (Å²) in [5, 5.41) is 11.4. The molecule has 0 fully saturated rings. The van der Waals surface area contributed by atoms with Crippen LogP contribution in [0.2, 0.25) is 0 Å². The highest BCUT2D eigenvalue weighted by atomic mass is 16.4. The molecule has 18 heavy (non-hydrogen) atoms. The number of hydrogen-bond donors (Lipinski definition) is 3. The van der Waals surface area contributed by atoms with Crippen LogP contribution in [0.5, 0.6) is 0 Å². The number of carbonyl (C=O) groups excluding carboxylic acids is 1. The molecule has 4 N–H and O–H groups in total. The van der Waals surface area contributed by atoms with Crippen LogP contribution in [0.1, 0.15) is 52.9 Å². The van der Waals surface area contributed by atoms with Crippen molar-refractivity contribution in [2.45, 2.75) is 58.9 Å². The SMILES string of the molecule is CCC(C)(C)CC(=O)NCCCCC(N)C(=O)O. The number of hydrogen-bond acceptors (Lipinski definition) is 3. The Bertz CT molecular complexity index is 277. The maximum Gasteiger partial charge on any atom is 0.320 e. The number of carbonyl (C=O) groups is 2. The molecular formula is C13H26N2O3. The van der Waals surface area contributed by atoms with E-state index in [-0.39, 0.29) is 11.3 Å². The van der Waals surface area contributed by atoms with Crippen molar-refractivity contribution in [2.24, 2.45) is 11.1 Å². The molecule has 0 aromatic heterocycles. The molecule has 0 aromatic rings. The van der Waals surface area contributed by atoms with E-state index in [1.54, 1.807) is 0 Å². The molecule has 0 aliphatic carbocycles. The Labute approximate surface area is 109 Å². The van der Waals surface area contributed by atoms with Gasteiger partial charge in [-0.15, -0.1) is 0 Å². The number of nitrogens with one attached hydrogen (secondary N) is 1. The van der Waals surface area contributed by atoms with Gasteiger partial charge < -0.3 is 16.2 Å². The van der Waals surface area contributed by atoms with Crippen LogP contribution >= 0.6 is 0 Å². The topological polar surface area (TPSA) is 92.4 Å². The fourth-order valence-corrected chi connectivity index (χ4v) is 1.46. The Morgan fingerprint density at radius 1 is 1.33 bits per heavy atom. The first-order chi connectivity index (χ1) is 8.28. The zero-order chi connectivity index (χ0) is 14.2. The molecule has 0 aliphatic rings. The Morgan fingerprint density at radius 2 is 1.94 bits per heavy atom. The summed E-state index contributed by atoms with van der Waals surface area (Å²) in [7, 11) is 0. The van der Waals surface area contributed by atoms with Gasteiger partial charge in [0.25, 0.3) is 0 Å². The van der Waals surface area contributed by atoms with Crippen LogP contribution in [-0.4, -0.2) is 29.6 Å². The summed E-state index contributed by atoms with van der Waals surface area (Å²) in [5.74, 6) is -0.909. The predicted octanol–water partition coefficient (Wildman–Crippen LogP) is 1.51. The van der Waals surface area contributed by atoms with Gasteiger partial charge in [0, 0.05) is 13.0 Å². The minimum Gasteiger partial charge on any atom is -0.480 e. The first kappa shape index (κ1) is 16.9. The third-order valence-electron chi connectivity index (χ3n) is 3.18. The van der Waals surface area contributed by atoms with Gasteiger partial charge in [0.1, 0.15) is 6.04 Å². The van der Waals surface area contributed by atoms with E-state index in [0.717, 1.165) is 12.8 Å². The molecule has 0 aromatic carbocycles. The lowest BCUT2D eigenvalue weighted by atomic mass is 9.86. The molecule has 0 radical (unpaired) electrons. The third kappa shape index (κ3) is 8.06. The van der Waals surface area contributed by atoms with Gasteiger partial charge in [-0.25, -0.2) is 0 Å². The maximum absolute atomic E-state index is 11.6. The number of carboxylic acid groups (broad SMARTS) is 1. The molecule has 0 saturated heterocycles. The molecular weight excluding hydrogens is 232 g/mol. The summed E-state index contributed by atoms with van der Waals surface area (Å²) in [5.41, 5.74) is 5.41. The summed E-state index contributed by atoms with van der Waals surface area (Å²) in [6.45, 7) is 6.79. The maximum atomic E-state index is 11.6. The van der Waals surface area contributed by atoms with Crippen LogP contribution in [0.4, 0.5) is 0 Å². The number of nitrogens with two attached hydrogens (primary N) is 1. The van der Waals surface area contributed by atoms with Crippen LogP contribution in [0.25, 0.3) is 0 Å². The van der Waals surface area contributed by atoms with Crippen LogP contribution in [0.3, 0.4) is 0 Å². The second-order valence-electron chi connectivity index (χ2n) is 5.49. The van der Waals surface area contributed by atoms with Crippen molar-refractivity contribution >= 4 is 11.9 Å². The molecule has 0 bridgehead atoms. The molecule has 1 unspecified atom stereocenters. The van der Waals surface area contributed by atoms with Crippen LogP contribution < -0.4 is 11.1 Å². The fraction of sp³-hybridized carbons (Fsp3) is 0.846. The van der Waals surface area contributed by atoms with E-state index >= 15 is 0 Å². The van der Waals surface area contributed by atoms with E-state index in [0.29, 0.717) is 25.8 Å². The van der Waals surface area contributed by atoms with Crippen LogP contribution in [0.15, 0.2) is 0 Å². The van der Waals surface area contributed by atoms with Gasteiger partial charge in [-0.2, -0.15) is 0 Å². The predicted molar refractivity (Wildman–Crippen MR) is 71.2 cm³/mol. The summed E-state index contributed by atoms with van der Waals surface area (Å²) in [6.07, 6.45) is 3.42. The second-order valence-corrected chi connectivity index (χ2v) is 5.49. The van der Waals surface area contributed by atoms with E-state index in [9.17, 15) is 9.59 Å². The molecule has 5 heteroatoms. The second kappa shape index (κ2) is 8.08. The van der Waals surface area contributed by atoms with Gasteiger partial charge in [0.2, 0.25) is 5.91 Å². The van der Waals surface area contributed by atoms with E-state index in [1.165, 1.54) is 0 Å². The molecule has 0 heterocycles. The third-order valence-corrected chi connectivity index (χ3v) is 3.18. The lowest BCUT2D eigenvalue weighted by Crippen LogP contribution is -2.31. The van der Waals surface area contributed by atoms with E-state index in [1.807, 2.05) is 0 Å². The minimum absolute atomic E-state index is 0.0374. The van der Waals surface area contributed by atoms with Gasteiger partial charge in [0.05, 0.1) is 0 Å². The zero-order valence-electron chi connectivity index (χ0n) is 11.7. The number of amides is 1. The lowest BCUT2D eigenvalue weighted by Gasteiger charge is -2.21. The van der Waals surface area contributed by atoms with Crippen molar-refractivity contribution in [3.63, 3.8) is 0 Å². The van der Waals surface area contributed by atoms with Gasteiger partial charge in [-0.1, -0.05) is 27.2 Å². The van der Waals surface area contributed by atoms with E-state index in [4.69, 9.17) is 10.8 Å². The molecule has 5 nitrogen and oxygen atoms in total. The minimum atomic E-state index is -0.969. The van der Waals surface area contributed by atoms with E-state index < -0.39 is 12.0 Å². The fourth-order valence-electron chi connectivity index (χ4n) is 1.46. The molecule has 106 valence electrons. The highest BCUT2D eigenvalue weighted by Crippen LogP contribution is 2.23. The van der Waals surface area contributed by atoms with Crippen molar-refractivity contribution in [1.82, 2.24) is 5.32 Å². The van der Waals surface area contributed by atoms with Crippen molar-refractivity contribution in [3.05, 3.63) is 0 Å². The van der Waals surface area contributed by atoms with Crippen molar-refractivity contribution in [2.75, 3.05) is 6.54 Å². The Kier molecular flexibility index (Phi) is 7.59. The highest BCUT2D eigenvalue weighted by molar-refractivity contribution is 5.76. The first-order valence-corrected chi connectivity index (χ1v) is 6.53. The number of carboxylic acids is 1. The Hall–Kier alpha value is -1.10. The van der Waals surface area contributed by atoms with Crippen molar-refractivity contribution < 1.29 is 14.7 Å². The molecule has 0 aliphatic heterocycles. The summed E-state index contributed by atoms with van der Waals surface area (Å²) >= 11 is 0. The van der Waals surface area contributed by atoms with E-state index in [2.05, 4.69) is 26.1 Å². The Morgan fingerprint density at radius 3 is 2.44 bits per heavy atom. The average Bonchev–Trinajstić information content (AvgIpc) is 2.27. The number of rotatable bonds is 9. The summed E-state index contributed by atoms with van der Waals surface area (Å²) in [6, 6.07) is -0.792. The highest BCUT2D eigenvalue weighted by Gasteiger charge is 2.19. The van der Waals surface area contributed by atoms with Gasteiger partial charge in [-0.3, -0.25) is 9.59 Å². The molecule has 0 spiro atoms. The largest absolute Gasteiger partial charge is 0.480 e. The normalized spacial score (nSPS) is 13.1.